The number of rotatable bonds is 9. The summed E-state index contributed by atoms with van der Waals surface area (Å²) < 4.78 is 16.5. The molecule has 1 aromatic heterocycles. The number of hydrogen-bond donors (Lipinski definition) is 1. The van der Waals surface area contributed by atoms with Crippen molar-refractivity contribution in [2.45, 2.75) is 45.3 Å². The van der Waals surface area contributed by atoms with Gasteiger partial charge in [-0.25, -0.2) is 0 Å². The van der Waals surface area contributed by atoms with E-state index in [-0.39, 0.29) is 18.6 Å². The SMILES string of the molecule is CCc1nc(COc2ccc(C(=O)N3CCC(OCCCN)CC3)cc2)no1. The molecule has 1 aliphatic rings. The smallest absolute Gasteiger partial charge is 0.253 e. The van der Waals surface area contributed by atoms with Crippen LogP contribution < -0.4 is 10.5 Å². The van der Waals surface area contributed by atoms with Crippen molar-refractivity contribution in [3.8, 4) is 5.75 Å². The monoisotopic (exact) mass is 388 g/mol. The van der Waals surface area contributed by atoms with Crippen molar-refractivity contribution >= 4 is 5.91 Å². The Morgan fingerprint density at radius 1 is 1.29 bits per heavy atom. The molecule has 0 aliphatic carbocycles. The molecule has 1 aliphatic heterocycles. The van der Waals surface area contributed by atoms with Crippen molar-refractivity contribution in [1.82, 2.24) is 15.0 Å². The molecule has 0 atom stereocenters. The molecule has 28 heavy (non-hydrogen) atoms. The lowest BCUT2D eigenvalue weighted by atomic mass is 10.1. The molecule has 1 aromatic carbocycles. The van der Waals surface area contributed by atoms with Gasteiger partial charge in [0.1, 0.15) is 5.75 Å². The minimum Gasteiger partial charge on any atom is -0.485 e. The number of hydrogen-bond acceptors (Lipinski definition) is 7. The molecule has 2 N–H and O–H groups in total. The third-order valence-corrected chi connectivity index (χ3v) is 4.71. The van der Waals surface area contributed by atoms with Crippen molar-refractivity contribution in [2.75, 3.05) is 26.2 Å². The molecule has 1 amide bonds. The summed E-state index contributed by atoms with van der Waals surface area (Å²) >= 11 is 0. The standard InChI is InChI=1S/C20H28N4O4/c1-2-19-22-18(23-28-19)14-27-16-6-4-15(5-7-16)20(25)24-11-8-17(9-12-24)26-13-3-10-21/h4-7,17H,2-3,8-14,21H2,1H3. The normalized spacial score (nSPS) is 15.0. The molecule has 0 bridgehead atoms. The lowest BCUT2D eigenvalue weighted by Crippen LogP contribution is -2.41. The van der Waals surface area contributed by atoms with Gasteiger partial charge in [-0.15, -0.1) is 0 Å². The first-order valence-electron chi connectivity index (χ1n) is 9.85. The molecule has 2 aromatic rings. The van der Waals surface area contributed by atoms with E-state index in [1.165, 1.54) is 0 Å². The first kappa shape index (κ1) is 20.3. The van der Waals surface area contributed by atoms with Crippen molar-refractivity contribution < 1.29 is 18.8 Å². The minimum absolute atomic E-state index is 0.0395. The fourth-order valence-electron chi connectivity index (χ4n) is 3.08. The summed E-state index contributed by atoms with van der Waals surface area (Å²) in [5.41, 5.74) is 6.14. The Hall–Kier alpha value is -2.45. The molecular formula is C20H28N4O4. The van der Waals surface area contributed by atoms with E-state index < -0.39 is 0 Å². The van der Waals surface area contributed by atoms with E-state index in [1.807, 2.05) is 11.8 Å². The van der Waals surface area contributed by atoms with Crippen molar-refractivity contribution in [1.29, 1.82) is 0 Å². The van der Waals surface area contributed by atoms with Crippen LogP contribution in [0.2, 0.25) is 0 Å². The molecule has 2 heterocycles. The van der Waals surface area contributed by atoms with Crippen molar-refractivity contribution in [3.05, 3.63) is 41.5 Å². The second-order valence-electron chi connectivity index (χ2n) is 6.78. The molecule has 0 saturated carbocycles. The number of carbonyl (C=O) groups is 1. The zero-order chi connectivity index (χ0) is 19.8. The first-order chi connectivity index (χ1) is 13.7. The fourth-order valence-corrected chi connectivity index (χ4v) is 3.08. The van der Waals surface area contributed by atoms with E-state index in [9.17, 15) is 4.79 Å². The number of amides is 1. The van der Waals surface area contributed by atoms with Gasteiger partial charge in [0.2, 0.25) is 11.7 Å². The van der Waals surface area contributed by atoms with Gasteiger partial charge in [-0.2, -0.15) is 4.98 Å². The molecule has 0 unspecified atom stereocenters. The molecule has 1 saturated heterocycles. The van der Waals surface area contributed by atoms with Crippen LogP contribution in [0.15, 0.2) is 28.8 Å². The van der Waals surface area contributed by atoms with Gasteiger partial charge < -0.3 is 24.6 Å². The maximum Gasteiger partial charge on any atom is 0.253 e. The van der Waals surface area contributed by atoms with Gasteiger partial charge in [0.15, 0.2) is 6.61 Å². The van der Waals surface area contributed by atoms with Crippen LogP contribution in [0.3, 0.4) is 0 Å². The van der Waals surface area contributed by atoms with Gasteiger partial charge in [-0.3, -0.25) is 4.79 Å². The van der Waals surface area contributed by atoms with E-state index in [4.69, 9.17) is 19.7 Å². The fraction of sp³-hybridized carbons (Fsp3) is 0.550. The molecule has 0 spiro atoms. The highest BCUT2D eigenvalue weighted by Crippen LogP contribution is 2.19. The van der Waals surface area contributed by atoms with Crippen LogP contribution >= 0.6 is 0 Å². The molecule has 8 nitrogen and oxygen atoms in total. The number of likely N-dealkylation sites (tertiary alicyclic amines) is 1. The van der Waals surface area contributed by atoms with Gasteiger partial charge in [0.25, 0.3) is 5.91 Å². The van der Waals surface area contributed by atoms with Crippen LogP contribution in [0.25, 0.3) is 0 Å². The van der Waals surface area contributed by atoms with Crippen LogP contribution in [-0.2, 0) is 17.8 Å². The summed E-state index contributed by atoms with van der Waals surface area (Å²) in [6.07, 6.45) is 3.52. The Morgan fingerprint density at radius 3 is 2.68 bits per heavy atom. The van der Waals surface area contributed by atoms with Crippen LogP contribution in [0, 0.1) is 0 Å². The summed E-state index contributed by atoms with van der Waals surface area (Å²) in [5, 5.41) is 3.85. The van der Waals surface area contributed by atoms with E-state index in [2.05, 4.69) is 10.1 Å². The van der Waals surface area contributed by atoms with Crippen molar-refractivity contribution in [2.24, 2.45) is 5.73 Å². The summed E-state index contributed by atoms with van der Waals surface area (Å²) in [4.78, 5) is 18.8. The molecule has 152 valence electrons. The topological polar surface area (TPSA) is 104 Å². The summed E-state index contributed by atoms with van der Waals surface area (Å²) in [7, 11) is 0. The highest BCUT2D eigenvalue weighted by atomic mass is 16.5. The number of benzene rings is 1. The largest absolute Gasteiger partial charge is 0.485 e. The molecule has 0 radical (unpaired) electrons. The predicted octanol–water partition coefficient (Wildman–Crippen LogP) is 2.18. The maximum absolute atomic E-state index is 12.7. The zero-order valence-electron chi connectivity index (χ0n) is 16.3. The Bertz CT molecular complexity index is 739. The first-order valence-corrected chi connectivity index (χ1v) is 9.85. The molecule has 3 rings (SSSR count). The summed E-state index contributed by atoms with van der Waals surface area (Å²) in [6, 6.07) is 7.15. The summed E-state index contributed by atoms with van der Waals surface area (Å²) in [6.45, 7) is 4.94. The van der Waals surface area contributed by atoms with Gasteiger partial charge in [0.05, 0.1) is 6.10 Å². The highest BCUT2D eigenvalue weighted by Gasteiger charge is 2.24. The lowest BCUT2D eigenvalue weighted by molar-refractivity contribution is 0.00844. The highest BCUT2D eigenvalue weighted by molar-refractivity contribution is 5.94. The zero-order valence-corrected chi connectivity index (χ0v) is 16.3. The number of piperidine rings is 1. The Morgan fingerprint density at radius 2 is 2.04 bits per heavy atom. The minimum atomic E-state index is 0.0395. The third-order valence-electron chi connectivity index (χ3n) is 4.71. The predicted molar refractivity (Wildman–Crippen MR) is 103 cm³/mol. The lowest BCUT2D eigenvalue weighted by Gasteiger charge is -2.32. The Balaban J connectivity index is 1.46. The Labute approximate surface area is 165 Å². The number of carbonyl (C=O) groups excluding carboxylic acids is 1. The van der Waals surface area contributed by atoms with E-state index >= 15 is 0 Å². The van der Waals surface area contributed by atoms with Crippen LogP contribution in [0.1, 0.15) is 48.3 Å². The second-order valence-corrected chi connectivity index (χ2v) is 6.78. The third kappa shape index (κ3) is 5.53. The quantitative estimate of drug-likeness (QED) is 0.657. The van der Waals surface area contributed by atoms with E-state index in [0.717, 1.165) is 19.3 Å². The molecular weight excluding hydrogens is 360 g/mol. The molecule has 1 fully saturated rings. The van der Waals surface area contributed by atoms with Gasteiger partial charge in [0, 0.05) is 31.7 Å². The van der Waals surface area contributed by atoms with Crippen LogP contribution in [0.5, 0.6) is 5.75 Å². The summed E-state index contributed by atoms with van der Waals surface area (Å²) in [5.74, 6) is 1.80. The number of ether oxygens (including phenoxy) is 2. The number of aryl methyl sites for hydroxylation is 1. The van der Waals surface area contributed by atoms with E-state index in [1.54, 1.807) is 24.3 Å². The van der Waals surface area contributed by atoms with Gasteiger partial charge in [-0.1, -0.05) is 12.1 Å². The van der Waals surface area contributed by atoms with Gasteiger partial charge >= 0.3 is 0 Å². The van der Waals surface area contributed by atoms with Crippen LogP contribution in [-0.4, -0.2) is 53.3 Å². The Kier molecular flexibility index (Phi) is 7.39. The number of aromatic nitrogens is 2. The number of nitrogens with zero attached hydrogens (tertiary/aromatic N) is 3. The maximum atomic E-state index is 12.7. The molecule has 8 heteroatoms. The van der Waals surface area contributed by atoms with Crippen LogP contribution in [0.4, 0.5) is 0 Å². The average molecular weight is 388 g/mol. The van der Waals surface area contributed by atoms with Crippen molar-refractivity contribution in [3.63, 3.8) is 0 Å². The van der Waals surface area contributed by atoms with Gasteiger partial charge in [-0.05, 0) is 50.1 Å². The van der Waals surface area contributed by atoms with E-state index in [0.29, 0.717) is 55.7 Å². The number of nitrogens with two attached hydrogens (primary N) is 1. The average Bonchev–Trinajstić information content (AvgIpc) is 3.21. The second kappa shape index (κ2) is 10.2.